The average molecular weight is 435 g/mol. The topological polar surface area (TPSA) is 93.2 Å². The molecule has 0 aromatic heterocycles. The van der Waals surface area contributed by atoms with Gasteiger partial charge in [0.25, 0.3) is 0 Å². The molecule has 0 spiro atoms. The lowest BCUT2D eigenvalue weighted by molar-refractivity contribution is -0.120. The van der Waals surface area contributed by atoms with E-state index in [1.165, 1.54) is 0 Å². The molecule has 2 rings (SSSR count). The summed E-state index contributed by atoms with van der Waals surface area (Å²) in [5.74, 6) is 2.67. The lowest BCUT2D eigenvalue weighted by Crippen LogP contribution is -2.35. The van der Waals surface area contributed by atoms with E-state index in [1.807, 2.05) is 25.1 Å². The highest BCUT2D eigenvalue weighted by molar-refractivity contribution is 5.94. The fourth-order valence-electron chi connectivity index (χ4n) is 2.84. The van der Waals surface area contributed by atoms with Crippen molar-refractivity contribution in [2.75, 3.05) is 51.4 Å². The standard InChI is InChI=1S/C23H38N4O4/c1-4-10-24-22(28)9-12-26-23(25-11-5-13-29-17-18(2)3)27-19-7-8-20-21(16-19)31-15-6-14-30-20/h7-8,16,18H,4-6,9-15,17H2,1-3H3,(H,24,28)(H2,25,26,27). The lowest BCUT2D eigenvalue weighted by Gasteiger charge is -2.15. The predicted octanol–water partition coefficient (Wildman–Crippen LogP) is 3.18. The molecule has 1 aromatic rings. The number of nitrogens with zero attached hydrogens (tertiary/aromatic N) is 1. The van der Waals surface area contributed by atoms with Crippen LogP contribution in [0.2, 0.25) is 0 Å². The zero-order chi connectivity index (χ0) is 22.3. The number of rotatable bonds is 12. The third-order valence-corrected chi connectivity index (χ3v) is 4.39. The van der Waals surface area contributed by atoms with Gasteiger partial charge in [-0.2, -0.15) is 0 Å². The molecule has 1 aromatic carbocycles. The Kier molecular flexibility index (Phi) is 11.6. The molecule has 0 aliphatic carbocycles. The summed E-state index contributed by atoms with van der Waals surface area (Å²) in [5, 5.41) is 9.43. The van der Waals surface area contributed by atoms with Gasteiger partial charge < -0.3 is 30.2 Å². The van der Waals surface area contributed by atoms with Crippen molar-refractivity contribution in [2.45, 2.75) is 46.5 Å². The van der Waals surface area contributed by atoms with Crippen molar-refractivity contribution in [3.8, 4) is 11.5 Å². The number of anilines is 1. The van der Waals surface area contributed by atoms with Crippen LogP contribution >= 0.6 is 0 Å². The first kappa shape index (κ1) is 24.8. The van der Waals surface area contributed by atoms with Gasteiger partial charge in [0, 0.05) is 57.4 Å². The van der Waals surface area contributed by atoms with Crippen LogP contribution in [0.5, 0.6) is 11.5 Å². The van der Waals surface area contributed by atoms with E-state index < -0.39 is 0 Å². The predicted molar refractivity (Wildman–Crippen MR) is 124 cm³/mol. The van der Waals surface area contributed by atoms with E-state index in [1.54, 1.807) is 0 Å². The van der Waals surface area contributed by atoms with Crippen molar-refractivity contribution >= 4 is 17.6 Å². The van der Waals surface area contributed by atoms with Gasteiger partial charge in [0.1, 0.15) is 0 Å². The number of hydrogen-bond acceptors (Lipinski definition) is 5. The fraction of sp³-hybridized carbons (Fsp3) is 0.652. The van der Waals surface area contributed by atoms with Crippen LogP contribution in [0.25, 0.3) is 0 Å². The van der Waals surface area contributed by atoms with Crippen LogP contribution in [0.1, 0.15) is 46.5 Å². The fourth-order valence-corrected chi connectivity index (χ4v) is 2.84. The number of carbonyl (C=O) groups is 1. The molecular weight excluding hydrogens is 396 g/mol. The minimum Gasteiger partial charge on any atom is -0.490 e. The summed E-state index contributed by atoms with van der Waals surface area (Å²) in [4.78, 5) is 16.5. The molecule has 0 atom stereocenters. The van der Waals surface area contributed by atoms with Gasteiger partial charge in [0.15, 0.2) is 17.5 Å². The van der Waals surface area contributed by atoms with Gasteiger partial charge in [-0.15, -0.1) is 0 Å². The maximum Gasteiger partial charge on any atom is 0.221 e. The summed E-state index contributed by atoms with van der Waals surface area (Å²) in [6.07, 6.45) is 3.01. The second kappa shape index (κ2) is 14.5. The highest BCUT2D eigenvalue weighted by atomic mass is 16.5. The summed E-state index contributed by atoms with van der Waals surface area (Å²) >= 11 is 0. The molecule has 0 bridgehead atoms. The summed E-state index contributed by atoms with van der Waals surface area (Å²) < 4.78 is 17.1. The number of hydrogen-bond donors (Lipinski definition) is 3. The van der Waals surface area contributed by atoms with Crippen molar-refractivity contribution in [1.29, 1.82) is 0 Å². The van der Waals surface area contributed by atoms with E-state index in [0.717, 1.165) is 43.1 Å². The second-order valence-electron chi connectivity index (χ2n) is 7.92. The third-order valence-electron chi connectivity index (χ3n) is 4.39. The van der Waals surface area contributed by atoms with Gasteiger partial charge in [-0.3, -0.25) is 9.79 Å². The molecule has 0 fully saturated rings. The maximum absolute atomic E-state index is 11.9. The summed E-state index contributed by atoms with van der Waals surface area (Å²) in [7, 11) is 0. The second-order valence-corrected chi connectivity index (χ2v) is 7.92. The third kappa shape index (κ3) is 10.4. The van der Waals surface area contributed by atoms with E-state index >= 15 is 0 Å². The van der Waals surface area contributed by atoms with Gasteiger partial charge in [-0.1, -0.05) is 20.8 Å². The lowest BCUT2D eigenvalue weighted by atomic mass is 10.2. The number of aliphatic imine (C=N–C) groups is 1. The first-order valence-corrected chi connectivity index (χ1v) is 11.4. The normalized spacial score (nSPS) is 13.6. The van der Waals surface area contributed by atoms with Crippen molar-refractivity contribution in [3.05, 3.63) is 18.2 Å². The van der Waals surface area contributed by atoms with Crippen LogP contribution in [0.15, 0.2) is 23.2 Å². The van der Waals surface area contributed by atoms with Crippen LogP contribution in [0.4, 0.5) is 5.69 Å². The van der Waals surface area contributed by atoms with Crippen molar-refractivity contribution < 1.29 is 19.0 Å². The molecular formula is C23H38N4O4. The van der Waals surface area contributed by atoms with E-state index in [0.29, 0.717) is 57.8 Å². The Balaban J connectivity index is 1.91. The Morgan fingerprint density at radius 2 is 1.97 bits per heavy atom. The van der Waals surface area contributed by atoms with Crippen LogP contribution in [-0.2, 0) is 9.53 Å². The monoisotopic (exact) mass is 434 g/mol. The summed E-state index contributed by atoms with van der Waals surface area (Å²) in [6, 6.07) is 5.75. The zero-order valence-corrected chi connectivity index (χ0v) is 19.2. The molecule has 31 heavy (non-hydrogen) atoms. The maximum atomic E-state index is 11.9. The average Bonchev–Trinajstić information content (AvgIpc) is 2.99. The number of ether oxygens (including phenoxy) is 3. The van der Waals surface area contributed by atoms with E-state index in [2.05, 4.69) is 34.8 Å². The Hall–Kier alpha value is -2.48. The highest BCUT2D eigenvalue weighted by Gasteiger charge is 2.11. The minimum absolute atomic E-state index is 0.0337. The molecule has 1 heterocycles. The molecule has 0 saturated heterocycles. The number of carbonyl (C=O) groups excluding carboxylic acids is 1. The van der Waals surface area contributed by atoms with Gasteiger partial charge in [-0.05, 0) is 30.9 Å². The first-order valence-electron chi connectivity index (χ1n) is 11.4. The molecule has 0 unspecified atom stereocenters. The van der Waals surface area contributed by atoms with Crippen LogP contribution < -0.4 is 25.4 Å². The van der Waals surface area contributed by atoms with E-state index in [-0.39, 0.29) is 5.91 Å². The van der Waals surface area contributed by atoms with Crippen LogP contribution in [-0.4, -0.2) is 57.9 Å². The van der Waals surface area contributed by atoms with Gasteiger partial charge >= 0.3 is 0 Å². The number of fused-ring (bicyclic) bond motifs is 1. The molecule has 8 nitrogen and oxygen atoms in total. The number of amides is 1. The smallest absolute Gasteiger partial charge is 0.221 e. The van der Waals surface area contributed by atoms with Crippen LogP contribution in [0.3, 0.4) is 0 Å². The van der Waals surface area contributed by atoms with Gasteiger partial charge in [0.05, 0.1) is 13.2 Å². The van der Waals surface area contributed by atoms with Crippen molar-refractivity contribution in [1.82, 2.24) is 10.6 Å². The van der Waals surface area contributed by atoms with Gasteiger partial charge in [-0.25, -0.2) is 0 Å². The number of guanidine groups is 1. The zero-order valence-electron chi connectivity index (χ0n) is 19.2. The molecule has 0 radical (unpaired) electrons. The molecule has 1 amide bonds. The first-order chi connectivity index (χ1) is 15.1. The highest BCUT2D eigenvalue weighted by Crippen LogP contribution is 2.32. The van der Waals surface area contributed by atoms with Crippen molar-refractivity contribution in [3.63, 3.8) is 0 Å². The molecule has 3 N–H and O–H groups in total. The Morgan fingerprint density at radius 1 is 1.16 bits per heavy atom. The van der Waals surface area contributed by atoms with Crippen molar-refractivity contribution in [2.24, 2.45) is 10.9 Å². The molecule has 0 saturated carbocycles. The Labute approximate surface area is 186 Å². The molecule has 8 heteroatoms. The Morgan fingerprint density at radius 3 is 2.74 bits per heavy atom. The Bertz CT molecular complexity index is 694. The number of benzene rings is 1. The minimum atomic E-state index is 0.0337. The van der Waals surface area contributed by atoms with E-state index in [9.17, 15) is 4.79 Å². The SMILES string of the molecule is CCCNC(=O)CCNC(=NCCCOCC(C)C)Nc1ccc2c(c1)OCCCO2. The van der Waals surface area contributed by atoms with E-state index in [4.69, 9.17) is 14.2 Å². The molecule has 174 valence electrons. The molecule has 1 aliphatic heterocycles. The summed E-state index contributed by atoms with van der Waals surface area (Å²) in [6.45, 7) is 10.9. The number of nitrogens with one attached hydrogen (secondary N) is 3. The quantitative estimate of drug-likeness (QED) is 0.266. The largest absolute Gasteiger partial charge is 0.490 e. The summed E-state index contributed by atoms with van der Waals surface area (Å²) in [5.41, 5.74) is 0.849. The molecule has 1 aliphatic rings. The van der Waals surface area contributed by atoms with Crippen LogP contribution in [0, 0.1) is 5.92 Å². The van der Waals surface area contributed by atoms with Gasteiger partial charge in [0.2, 0.25) is 5.91 Å².